The van der Waals surface area contributed by atoms with Crippen molar-refractivity contribution in [2.75, 3.05) is 13.7 Å². The highest BCUT2D eigenvalue weighted by atomic mass is 35.5. The molecule has 1 heterocycles. The normalized spacial score (nSPS) is 21.6. The largest absolute Gasteiger partial charge is 0.497 e. The third-order valence-electron chi connectivity index (χ3n) is 6.43. The van der Waals surface area contributed by atoms with Gasteiger partial charge in [0.2, 0.25) is 0 Å². The summed E-state index contributed by atoms with van der Waals surface area (Å²) in [5.41, 5.74) is 2.45. The first-order chi connectivity index (χ1) is 17.3. The van der Waals surface area contributed by atoms with E-state index in [1.807, 2.05) is 48.5 Å². The number of ether oxygens (including phenoxy) is 3. The molecule has 0 radical (unpaired) electrons. The first kappa shape index (κ1) is 26.0. The summed E-state index contributed by atoms with van der Waals surface area (Å²) in [7, 11) is 1.61. The number of methoxy groups -OCH3 is 1. The van der Waals surface area contributed by atoms with Crippen LogP contribution < -0.4 is 9.47 Å². The van der Waals surface area contributed by atoms with Crippen molar-refractivity contribution in [3.63, 3.8) is 0 Å². The van der Waals surface area contributed by atoms with Gasteiger partial charge in [0.15, 0.2) is 6.61 Å². The molecule has 0 spiro atoms. The van der Waals surface area contributed by atoms with Gasteiger partial charge in [0.05, 0.1) is 19.3 Å². The molecule has 0 amide bonds. The zero-order chi connectivity index (χ0) is 25.8. The van der Waals surface area contributed by atoms with Crippen molar-refractivity contribution < 1.29 is 28.9 Å². The monoisotopic (exact) mass is 528 g/mol. The number of aliphatic carboxylic acids is 1. The first-order valence-electron chi connectivity index (χ1n) is 11.5. The summed E-state index contributed by atoms with van der Waals surface area (Å²) in [5.74, 6) is -0.764. The van der Waals surface area contributed by atoms with Gasteiger partial charge in [-0.2, -0.15) is 0 Å². The van der Waals surface area contributed by atoms with E-state index in [0.717, 1.165) is 16.9 Å². The van der Waals surface area contributed by atoms with Crippen LogP contribution in [0.4, 0.5) is 0 Å². The van der Waals surface area contributed by atoms with Crippen LogP contribution in [-0.2, 0) is 14.3 Å². The number of ketones is 1. The van der Waals surface area contributed by atoms with E-state index in [2.05, 4.69) is 0 Å². The number of hydrogen-bond acceptors (Lipinski definition) is 5. The van der Waals surface area contributed by atoms with Crippen LogP contribution in [0.3, 0.4) is 0 Å². The predicted octanol–water partition coefficient (Wildman–Crippen LogP) is 6.66. The lowest BCUT2D eigenvalue weighted by Crippen LogP contribution is -2.34. The summed E-state index contributed by atoms with van der Waals surface area (Å²) >= 11 is 12.4. The molecule has 0 aliphatic carbocycles. The second-order valence-electron chi connectivity index (χ2n) is 8.73. The second kappa shape index (κ2) is 11.3. The Bertz CT molecular complexity index is 1230. The Morgan fingerprint density at radius 2 is 1.58 bits per heavy atom. The maximum absolute atomic E-state index is 12.9. The Morgan fingerprint density at radius 1 is 0.944 bits per heavy atom. The average Bonchev–Trinajstić information content (AvgIpc) is 2.87. The van der Waals surface area contributed by atoms with E-state index in [0.29, 0.717) is 27.8 Å². The van der Waals surface area contributed by atoms with Crippen LogP contribution in [0.25, 0.3) is 0 Å². The maximum atomic E-state index is 12.9. The molecule has 0 unspecified atom stereocenters. The molecule has 1 aliphatic heterocycles. The lowest BCUT2D eigenvalue weighted by molar-refractivity contribution is -0.143. The van der Waals surface area contributed by atoms with Gasteiger partial charge in [-0.05, 0) is 66.9 Å². The standard InChI is InChI=1S/C28H26Cl2O6/c1-16(31)22-14-23(17-3-7-19(29)8-4-17)27(18-5-10-21(34-2)11-6-18)36-28(22)24-13-20(30)9-12-25(24)35-15-26(32)33/h3-13,22-23,27-28H,14-15H2,1-2H3,(H,32,33)/t22-,23-,27+,28+/m0/s1. The van der Waals surface area contributed by atoms with Gasteiger partial charge in [-0.3, -0.25) is 4.79 Å². The summed E-state index contributed by atoms with van der Waals surface area (Å²) in [6.07, 6.45) is -0.604. The molecular weight excluding hydrogens is 503 g/mol. The summed E-state index contributed by atoms with van der Waals surface area (Å²) in [6, 6.07) is 20.1. The average molecular weight is 529 g/mol. The van der Waals surface area contributed by atoms with E-state index in [1.165, 1.54) is 6.92 Å². The molecule has 4 rings (SSSR count). The predicted molar refractivity (Wildman–Crippen MR) is 137 cm³/mol. The van der Waals surface area contributed by atoms with Gasteiger partial charge in [0, 0.05) is 27.4 Å². The third kappa shape index (κ3) is 5.84. The zero-order valence-corrected chi connectivity index (χ0v) is 21.3. The van der Waals surface area contributed by atoms with Gasteiger partial charge in [-0.1, -0.05) is 47.5 Å². The van der Waals surface area contributed by atoms with Crippen LogP contribution >= 0.6 is 23.2 Å². The maximum Gasteiger partial charge on any atom is 0.341 e. The SMILES string of the molecule is COc1ccc([C@H]2O[C@@H](c3cc(Cl)ccc3OCC(=O)O)[C@H](C(C)=O)C[C@H]2c2ccc(Cl)cc2)cc1. The number of carboxylic acids is 1. The van der Waals surface area contributed by atoms with E-state index in [9.17, 15) is 9.59 Å². The van der Waals surface area contributed by atoms with E-state index < -0.39 is 30.7 Å². The number of carboxylic acid groups (broad SMARTS) is 1. The molecule has 4 atom stereocenters. The molecule has 8 heteroatoms. The van der Waals surface area contributed by atoms with Crippen LogP contribution in [0.1, 0.15) is 48.2 Å². The van der Waals surface area contributed by atoms with Crippen LogP contribution in [0, 0.1) is 5.92 Å². The molecule has 1 aliphatic rings. The van der Waals surface area contributed by atoms with E-state index in [1.54, 1.807) is 25.3 Å². The Labute approximate surface area is 219 Å². The fraction of sp³-hybridized carbons (Fsp3) is 0.286. The number of carbonyl (C=O) groups is 2. The van der Waals surface area contributed by atoms with Gasteiger partial charge >= 0.3 is 5.97 Å². The first-order valence-corrected chi connectivity index (χ1v) is 12.2. The quantitative estimate of drug-likeness (QED) is 0.352. The smallest absolute Gasteiger partial charge is 0.341 e. The molecule has 1 fully saturated rings. The molecule has 1 saturated heterocycles. The van der Waals surface area contributed by atoms with E-state index >= 15 is 0 Å². The molecule has 0 aromatic heterocycles. The van der Waals surface area contributed by atoms with Crippen LogP contribution in [0.15, 0.2) is 66.7 Å². The molecule has 36 heavy (non-hydrogen) atoms. The van der Waals surface area contributed by atoms with Gasteiger partial charge < -0.3 is 19.3 Å². The Balaban J connectivity index is 1.80. The third-order valence-corrected chi connectivity index (χ3v) is 6.91. The van der Waals surface area contributed by atoms with Crippen LogP contribution in [0.5, 0.6) is 11.5 Å². The van der Waals surface area contributed by atoms with Crippen molar-refractivity contribution in [2.24, 2.45) is 5.92 Å². The van der Waals surface area contributed by atoms with E-state index in [4.69, 9.17) is 42.5 Å². The fourth-order valence-electron chi connectivity index (χ4n) is 4.68. The molecule has 0 bridgehead atoms. The molecule has 3 aromatic rings. The minimum atomic E-state index is -1.11. The number of hydrogen-bond donors (Lipinski definition) is 1. The highest BCUT2D eigenvalue weighted by Crippen LogP contribution is 2.52. The van der Waals surface area contributed by atoms with Crippen molar-refractivity contribution in [2.45, 2.75) is 31.5 Å². The summed E-state index contributed by atoms with van der Waals surface area (Å²) < 4.78 is 17.6. The van der Waals surface area contributed by atoms with Gasteiger partial charge in [0.25, 0.3) is 0 Å². The molecular formula is C28H26Cl2O6. The molecule has 0 saturated carbocycles. The van der Waals surface area contributed by atoms with E-state index in [-0.39, 0.29) is 11.7 Å². The summed E-state index contributed by atoms with van der Waals surface area (Å²) in [6.45, 7) is 1.01. The Morgan fingerprint density at radius 3 is 2.19 bits per heavy atom. The summed E-state index contributed by atoms with van der Waals surface area (Å²) in [5, 5.41) is 10.2. The highest BCUT2D eigenvalue weighted by Gasteiger charge is 2.43. The number of halogens is 2. The zero-order valence-electron chi connectivity index (χ0n) is 19.8. The molecule has 1 N–H and O–H groups in total. The highest BCUT2D eigenvalue weighted by molar-refractivity contribution is 6.30. The van der Waals surface area contributed by atoms with Crippen molar-refractivity contribution >= 4 is 35.0 Å². The number of Topliss-reactive ketones (excluding diaryl/α,β-unsaturated/α-hetero) is 1. The molecule has 6 nitrogen and oxygen atoms in total. The minimum absolute atomic E-state index is 0.0451. The summed E-state index contributed by atoms with van der Waals surface area (Å²) in [4.78, 5) is 24.1. The van der Waals surface area contributed by atoms with Gasteiger partial charge in [-0.25, -0.2) is 4.79 Å². The van der Waals surface area contributed by atoms with Gasteiger partial charge in [-0.15, -0.1) is 0 Å². The topological polar surface area (TPSA) is 82.1 Å². The lowest BCUT2D eigenvalue weighted by Gasteiger charge is -2.42. The fourth-order valence-corrected chi connectivity index (χ4v) is 4.98. The Hall–Kier alpha value is -3.06. The van der Waals surface area contributed by atoms with Crippen molar-refractivity contribution in [3.05, 3.63) is 93.5 Å². The minimum Gasteiger partial charge on any atom is -0.497 e. The number of rotatable bonds is 8. The van der Waals surface area contributed by atoms with Crippen molar-refractivity contribution in [1.29, 1.82) is 0 Å². The molecule has 3 aromatic carbocycles. The lowest BCUT2D eigenvalue weighted by atomic mass is 9.75. The number of carbonyl (C=O) groups excluding carboxylic acids is 1. The van der Waals surface area contributed by atoms with Gasteiger partial charge in [0.1, 0.15) is 17.3 Å². The van der Waals surface area contributed by atoms with Crippen molar-refractivity contribution in [1.82, 2.24) is 0 Å². The van der Waals surface area contributed by atoms with Crippen molar-refractivity contribution in [3.8, 4) is 11.5 Å². The van der Waals surface area contributed by atoms with Crippen LogP contribution in [0.2, 0.25) is 10.0 Å². The Kier molecular flexibility index (Phi) is 8.19. The number of benzene rings is 3. The van der Waals surface area contributed by atoms with Crippen LogP contribution in [-0.4, -0.2) is 30.6 Å². The molecule has 188 valence electrons. The second-order valence-corrected chi connectivity index (χ2v) is 9.60.